The van der Waals surface area contributed by atoms with Gasteiger partial charge >= 0.3 is 0 Å². The molecule has 98 valence electrons. The zero-order valence-corrected chi connectivity index (χ0v) is 11.7. The number of rotatable bonds is 3. The molecule has 0 aliphatic rings. The lowest BCUT2D eigenvalue weighted by Gasteiger charge is -2.07. The maximum atomic E-state index is 13.9. The summed E-state index contributed by atoms with van der Waals surface area (Å²) in [5, 5.41) is 0.947. The molecule has 4 heteroatoms. The quantitative estimate of drug-likeness (QED) is 0.739. The summed E-state index contributed by atoms with van der Waals surface area (Å²) in [5.41, 5.74) is 1.12. The van der Waals surface area contributed by atoms with Gasteiger partial charge in [-0.1, -0.05) is 35.3 Å². The van der Waals surface area contributed by atoms with Gasteiger partial charge in [0.25, 0.3) is 0 Å². The van der Waals surface area contributed by atoms with Crippen molar-refractivity contribution in [3.63, 3.8) is 0 Å². The van der Waals surface area contributed by atoms with Crippen LogP contribution in [-0.4, -0.2) is 5.78 Å². The van der Waals surface area contributed by atoms with Gasteiger partial charge in [-0.15, -0.1) is 0 Å². The SMILES string of the molecule is Cc1cccc(C(=O)Cc2cc(Cl)ccc2Cl)c1F. The largest absolute Gasteiger partial charge is 0.294 e. The summed E-state index contributed by atoms with van der Waals surface area (Å²) >= 11 is 11.9. The van der Waals surface area contributed by atoms with Crippen molar-refractivity contribution in [2.75, 3.05) is 0 Å². The Morgan fingerprint density at radius 2 is 1.95 bits per heavy atom. The smallest absolute Gasteiger partial charge is 0.170 e. The van der Waals surface area contributed by atoms with Crippen LogP contribution < -0.4 is 0 Å². The topological polar surface area (TPSA) is 17.1 Å². The van der Waals surface area contributed by atoms with Crippen LogP contribution in [0.15, 0.2) is 36.4 Å². The van der Waals surface area contributed by atoms with Crippen molar-refractivity contribution < 1.29 is 9.18 Å². The molecule has 0 heterocycles. The number of Topliss-reactive ketones (excluding diaryl/α,β-unsaturated/α-hetero) is 1. The molecule has 0 N–H and O–H groups in total. The van der Waals surface area contributed by atoms with Gasteiger partial charge in [-0.3, -0.25) is 4.79 Å². The van der Waals surface area contributed by atoms with Gasteiger partial charge < -0.3 is 0 Å². The fourth-order valence-corrected chi connectivity index (χ4v) is 2.19. The second-order valence-electron chi connectivity index (χ2n) is 4.27. The highest BCUT2D eigenvalue weighted by molar-refractivity contribution is 6.33. The first-order valence-corrected chi connectivity index (χ1v) is 6.47. The summed E-state index contributed by atoms with van der Waals surface area (Å²) in [5.74, 6) is -0.795. The molecule has 0 aromatic heterocycles. The number of benzene rings is 2. The van der Waals surface area contributed by atoms with Gasteiger partial charge in [0.05, 0.1) is 5.56 Å². The number of aryl methyl sites for hydroxylation is 1. The average molecular weight is 297 g/mol. The lowest BCUT2D eigenvalue weighted by molar-refractivity contribution is 0.0989. The Bertz CT molecular complexity index is 638. The van der Waals surface area contributed by atoms with E-state index in [4.69, 9.17) is 23.2 Å². The first-order chi connectivity index (χ1) is 8.99. The monoisotopic (exact) mass is 296 g/mol. The van der Waals surface area contributed by atoms with Crippen LogP contribution in [0.3, 0.4) is 0 Å². The number of ketones is 1. The molecule has 0 saturated heterocycles. The van der Waals surface area contributed by atoms with Crippen LogP contribution in [0.4, 0.5) is 4.39 Å². The number of hydrogen-bond acceptors (Lipinski definition) is 1. The van der Waals surface area contributed by atoms with Crippen molar-refractivity contribution in [3.8, 4) is 0 Å². The van der Waals surface area contributed by atoms with E-state index < -0.39 is 5.82 Å². The minimum absolute atomic E-state index is 0.0275. The molecular weight excluding hydrogens is 286 g/mol. The van der Waals surface area contributed by atoms with Crippen molar-refractivity contribution in [3.05, 3.63) is 69.0 Å². The lowest BCUT2D eigenvalue weighted by Crippen LogP contribution is -2.07. The van der Waals surface area contributed by atoms with E-state index in [9.17, 15) is 9.18 Å². The van der Waals surface area contributed by atoms with Crippen LogP contribution in [0.5, 0.6) is 0 Å². The maximum Gasteiger partial charge on any atom is 0.170 e. The van der Waals surface area contributed by atoms with Crippen LogP contribution in [-0.2, 0) is 6.42 Å². The summed E-state index contributed by atoms with van der Waals surface area (Å²) in [7, 11) is 0. The molecule has 0 unspecified atom stereocenters. The molecule has 0 bridgehead atoms. The summed E-state index contributed by atoms with van der Waals surface area (Å²) in [4.78, 5) is 12.1. The molecule has 19 heavy (non-hydrogen) atoms. The van der Waals surface area contributed by atoms with E-state index in [2.05, 4.69) is 0 Å². The fraction of sp³-hybridized carbons (Fsp3) is 0.133. The van der Waals surface area contributed by atoms with Crippen molar-refractivity contribution in [2.24, 2.45) is 0 Å². The third-order valence-electron chi connectivity index (χ3n) is 2.85. The molecular formula is C15H11Cl2FO. The molecule has 0 amide bonds. The third kappa shape index (κ3) is 3.14. The highest BCUT2D eigenvalue weighted by Gasteiger charge is 2.15. The normalized spacial score (nSPS) is 10.5. The van der Waals surface area contributed by atoms with E-state index in [0.29, 0.717) is 21.2 Å². The van der Waals surface area contributed by atoms with E-state index in [0.717, 1.165) is 0 Å². The molecule has 0 saturated carbocycles. The highest BCUT2D eigenvalue weighted by Crippen LogP contribution is 2.23. The van der Waals surface area contributed by atoms with Crippen LogP contribution in [0.25, 0.3) is 0 Å². The summed E-state index contributed by atoms with van der Waals surface area (Å²) in [6.07, 6.45) is 0.0275. The Morgan fingerprint density at radius 3 is 2.68 bits per heavy atom. The molecule has 0 aliphatic carbocycles. The van der Waals surface area contributed by atoms with E-state index >= 15 is 0 Å². The van der Waals surface area contributed by atoms with Gasteiger partial charge in [-0.05, 0) is 42.3 Å². The minimum atomic E-state index is -0.481. The van der Waals surface area contributed by atoms with Gasteiger partial charge in [-0.25, -0.2) is 4.39 Å². The number of hydrogen-bond donors (Lipinski definition) is 0. The highest BCUT2D eigenvalue weighted by atomic mass is 35.5. The molecule has 2 aromatic carbocycles. The van der Waals surface area contributed by atoms with Gasteiger partial charge in [-0.2, -0.15) is 0 Å². The Hall–Kier alpha value is -1.38. The predicted molar refractivity (Wildman–Crippen MR) is 75.6 cm³/mol. The van der Waals surface area contributed by atoms with E-state index in [-0.39, 0.29) is 17.8 Å². The molecule has 0 spiro atoms. The molecule has 1 nitrogen and oxygen atoms in total. The third-order valence-corrected chi connectivity index (χ3v) is 3.45. The molecule has 0 fully saturated rings. The van der Waals surface area contributed by atoms with Crippen LogP contribution in [0, 0.1) is 12.7 Å². The van der Waals surface area contributed by atoms with Crippen LogP contribution in [0.1, 0.15) is 21.5 Å². The number of halogens is 3. The Morgan fingerprint density at radius 1 is 1.21 bits per heavy atom. The molecule has 0 atom stereocenters. The van der Waals surface area contributed by atoms with Crippen molar-refractivity contribution in [2.45, 2.75) is 13.3 Å². The Kier molecular flexibility index (Phi) is 4.23. The Labute approximate surface area is 121 Å². The zero-order chi connectivity index (χ0) is 14.0. The zero-order valence-electron chi connectivity index (χ0n) is 10.2. The van der Waals surface area contributed by atoms with E-state index in [1.165, 1.54) is 6.07 Å². The first-order valence-electron chi connectivity index (χ1n) is 5.71. The summed E-state index contributed by atoms with van der Waals surface area (Å²) in [6, 6.07) is 9.65. The van der Waals surface area contributed by atoms with E-state index in [1.807, 2.05) is 0 Å². The minimum Gasteiger partial charge on any atom is -0.294 e. The van der Waals surface area contributed by atoms with E-state index in [1.54, 1.807) is 37.3 Å². The fourth-order valence-electron chi connectivity index (χ4n) is 1.81. The van der Waals surface area contributed by atoms with Crippen molar-refractivity contribution >= 4 is 29.0 Å². The molecule has 2 aromatic rings. The van der Waals surface area contributed by atoms with Crippen LogP contribution >= 0.6 is 23.2 Å². The average Bonchev–Trinajstić information content (AvgIpc) is 2.37. The number of carbonyl (C=O) groups excluding carboxylic acids is 1. The lowest BCUT2D eigenvalue weighted by atomic mass is 10.0. The first kappa shape index (κ1) is 14.0. The van der Waals surface area contributed by atoms with Gasteiger partial charge in [0.2, 0.25) is 0 Å². The second-order valence-corrected chi connectivity index (χ2v) is 5.12. The van der Waals surface area contributed by atoms with Gasteiger partial charge in [0, 0.05) is 16.5 Å². The van der Waals surface area contributed by atoms with Crippen LogP contribution in [0.2, 0.25) is 10.0 Å². The Balaban J connectivity index is 2.31. The second kappa shape index (κ2) is 5.72. The summed E-state index contributed by atoms with van der Waals surface area (Å²) in [6.45, 7) is 1.62. The molecule has 2 rings (SSSR count). The maximum absolute atomic E-state index is 13.9. The van der Waals surface area contributed by atoms with Crippen molar-refractivity contribution in [1.29, 1.82) is 0 Å². The van der Waals surface area contributed by atoms with Gasteiger partial charge in [0.15, 0.2) is 5.78 Å². The van der Waals surface area contributed by atoms with Gasteiger partial charge in [0.1, 0.15) is 5.82 Å². The predicted octanol–water partition coefficient (Wildman–Crippen LogP) is 4.87. The molecule has 0 radical (unpaired) electrons. The standard InChI is InChI=1S/C15H11Cl2FO/c1-9-3-2-4-12(15(9)18)14(19)8-10-7-11(16)5-6-13(10)17/h2-7H,8H2,1H3. The van der Waals surface area contributed by atoms with Crippen molar-refractivity contribution in [1.82, 2.24) is 0 Å². The molecule has 0 aliphatic heterocycles. The summed E-state index contributed by atoms with van der Waals surface area (Å²) < 4.78 is 13.9. The number of carbonyl (C=O) groups is 1.